The van der Waals surface area contributed by atoms with Gasteiger partial charge in [-0.3, -0.25) is 4.98 Å². The SMILES string of the molecule is CCNC(c1cccnc1)c1cnnn1CC. The summed E-state index contributed by atoms with van der Waals surface area (Å²) in [6, 6.07) is 4.11. The number of rotatable bonds is 5. The molecule has 0 spiro atoms. The molecule has 1 atom stereocenters. The van der Waals surface area contributed by atoms with Gasteiger partial charge in [-0.15, -0.1) is 5.10 Å². The molecule has 0 bridgehead atoms. The summed E-state index contributed by atoms with van der Waals surface area (Å²) in [4.78, 5) is 4.16. The molecule has 17 heavy (non-hydrogen) atoms. The third kappa shape index (κ3) is 2.50. The van der Waals surface area contributed by atoms with Gasteiger partial charge in [-0.05, 0) is 25.1 Å². The van der Waals surface area contributed by atoms with E-state index in [2.05, 4.69) is 40.5 Å². The molecule has 0 saturated heterocycles. The highest BCUT2D eigenvalue weighted by Gasteiger charge is 2.17. The molecule has 0 aliphatic rings. The first kappa shape index (κ1) is 11.7. The number of nitrogens with one attached hydrogen (secondary N) is 1. The van der Waals surface area contributed by atoms with Crippen LogP contribution in [0.1, 0.15) is 31.1 Å². The van der Waals surface area contributed by atoms with Crippen LogP contribution in [0.15, 0.2) is 30.7 Å². The van der Waals surface area contributed by atoms with Crippen molar-refractivity contribution in [2.75, 3.05) is 6.54 Å². The van der Waals surface area contributed by atoms with Gasteiger partial charge in [0.1, 0.15) is 0 Å². The van der Waals surface area contributed by atoms with Crippen LogP contribution in [-0.2, 0) is 6.54 Å². The molecule has 2 heterocycles. The molecular weight excluding hydrogens is 214 g/mol. The summed E-state index contributed by atoms with van der Waals surface area (Å²) < 4.78 is 1.90. The molecule has 1 N–H and O–H groups in total. The number of aryl methyl sites for hydroxylation is 1. The fraction of sp³-hybridized carbons (Fsp3) is 0.417. The third-order valence-corrected chi connectivity index (χ3v) is 2.67. The highest BCUT2D eigenvalue weighted by Crippen LogP contribution is 2.19. The summed E-state index contributed by atoms with van der Waals surface area (Å²) in [5.74, 6) is 0. The highest BCUT2D eigenvalue weighted by atomic mass is 15.4. The van der Waals surface area contributed by atoms with Gasteiger partial charge in [-0.1, -0.05) is 18.2 Å². The van der Waals surface area contributed by atoms with Gasteiger partial charge in [0.15, 0.2) is 0 Å². The van der Waals surface area contributed by atoms with Crippen LogP contribution in [0.4, 0.5) is 0 Å². The largest absolute Gasteiger partial charge is 0.305 e. The van der Waals surface area contributed by atoms with Gasteiger partial charge in [0.2, 0.25) is 0 Å². The number of nitrogens with zero attached hydrogens (tertiary/aromatic N) is 4. The molecular formula is C12H17N5. The number of hydrogen-bond donors (Lipinski definition) is 1. The van der Waals surface area contributed by atoms with Gasteiger partial charge in [-0.25, -0.2) is 4.68 Å². The zero-order valence-corrected chi connectivity index (χ0v) is 10.2. The Morgan fingerprint density at radius 3 is 2.88 bits per heavy atom. The van der Waals surface area contributed by atoms with Crippen LogP contribution in [0, 0.1) is 0 Å². The second kappa shape index (κ2) is 5.54. The van der Waals surface area contributed by atoms with Crippen LogP contribution in [0.2, 0.25) is 0 Å². The molecule has 5 nitrogen and oxygen atoms in total. The van der Waals surface area contributed by atoms with Crippen molar-refractivity contribution in [3.05, 3.63) is 42.0 Å². The van der Waals surface area contributed by atoms with Gasteiger partial charge in [0.25, 0.3) is 0 Å². The standard InChI is InChI=1S/C12H17N5/c1-3-14-12(10-6-5-7-13-8-10)11-9-15-16-17(11)4-2/h5-9,12,14H,3-4H2,1-2H3. The first-order chi connectivity index (χ1) is 8.36. The van der Waals surface area contributed by atoms with E-state index < -0.39 is 0 Å². The Morgan fingerprint density at radius 1 is 1.35 bits per heavy atom. The van der Waals surface area contributed by atoms with Gasteiger partial charge < -0.3 is 5.32 Å². The minimum atomic E-state index is 0.101. The Morgan fingerprint density at radius 2 is 2.24 bits per heavy atom. The average molecular weight is 231 g/mol. The van der Waals surface area contributed by atoms with Crippen LogP contribution < -0.4 is 5.32 Å². The minimum Gasteiger partial charge on any atom is -0.305 e. The van der Waals surface area contributed by atoms with Gasteiger partial charge in [0, 0.05) is 18.9 Å². The molecule has 1 unspecified atom stereocenters. The molecule has 5 heteroatoms. The van der Waals surface area contributed by atoms with E-state index in [0.717, 1.165) is 24.3 Å². The third-order valence-electron chi connectivity index (χ3n) is 2.67. The van der Waals surface area contributed by atoms with Crippen molar-refractivity contribution in [3.63, 3.8) is 0 Å². The Labute approximate surface area is 101 Å². The summed E-state index contributed by atoms with van der Waals surface area (Å²) in [6.07, 6.45) is 5.46. The lowest BCUT2D eigenvalue weighted by atomic mass is 10.1. The van der Waals surface area contributed by atoms with Crippen molar-refractivity contribution in [1.82, 2.24) is 25.3 Å². The van der Waals surface area contributed by atoms with Crippen LogP contribution in [-0.4, -0.2) is 26.5 Å². The van der Waals surface area contributed by atoms with E-state index in [4.69, 9.17) is 0 Å². The molecule has 90 valence electrons. The van der Waals surface area contributed by atoms with Crippen LogP contribution in [0.3, 0.4) is 0 Å². The maximum atomic E-state index is 4.16. The summed E-state index contributed by atoms with van der Waals surface area (Å²) >= 11 is 0. The highest BCUT2D eigenvalue weighted by molar-refractivity contribution is 5.23. The first-order valence-electron chi connectivity index (χ1n) is 5.88. The lowest BCUT2D eigenvalue weighted by Crippen LogP contribution is -2.24. The molecule has 0 aromatic carbocycles. The summed E-state index contributed by atoms with van der Waals surface area (Å²) in [6.45, 7) is 5.85. The predicted molar refractivity (Wildman–Crippen MR) is 65.5 cm³/mol. The molecule has 2 rings (SSSR count). The summed E-state index contributed by atoms with van der Waals surface area (Å²) in [5.41, 5.74) is 2.20. The van der Waals surface area contributed by atoms with Crippen molar-refractivity contribution >= 4 is 0 Å². The quantitative estimate of drug-likeness (QED) is 0.845. The number of pyridine rings is 1. The summed E-state index contributed by atoms with van der Waals surface area (Å²) in [5, 5.41) is 11.5. The van der Waals surface area contributed by atoms with Crippen LogP contribution in [0.5, 0.6) is 0 Å². The van der Waals surface area contributed by atoms with E-state index in [9.17, 15) is 0 Å². The van der Waals surface area contributed by atoms with E-state index in [1.807, 2.05) is 23.1 Å². The maximum absolute atomic E-state index is 4.16. The van der Waals surface area contributed by atoms with Crippen LogP contribution >= 0.6 is 0 Å². The molecule has 2 aromatic heterocycles. The first-order valence-corrected chi connectivity index (χ1v) is 5.88. The molecule has 0 amide bonds. The molecule has 0 fully saturated rings. The maximum Gasteiger partial charge on any atom is 0.0802 e. The Kier molecular flexibility index (Phi) is 3.82. The topological polar surface area (TPSA) is 55.6 Å². The Hall–Kier alpha value is -1.75. The fourth-order valence-electron chi connectivity index (χ4n) is 1.88. The van der Waals surface area contributed by atoms with Gasteiger partial charge >= 0.3 is 0 Å². The van der Waals surface area contributed by atoms with E-state index in [1.165, 1.54) is 0 Å². The monoisotopic (exact) mass is 231 g/mol. The van der Waals surface area contributed by atoms with Crippen molar-refractivity contribution in [2.45, 2.75) is 26.4 Å². The molecule has 0 aliphatic heterocycles. The minimum absolute atomic E-state index is 0.101. The number of aromatic nitrogens is 4. The van der Waals surface area contributed by atoms with E-state index >= 15 is 0 Å². The van der Waals surface area contributed by atoms with Crippen molar-refractivity contribution in [1.29, 1.82) is 0 Å². The van der Waals surface area contributed by atoms with Crippen molar-refractivity contribution < 1.29 is 0 Å². The zero-order valence-electron chi connectivity index (χ0n) is 10.2. The fourth-order valence-corrected chi connectivity index (χ4v) is 1.88. The van der Waals surface area contributed by atoms with Crippen LogP contribution in [0.25, 0.3) is 0 Å². The van der Waals surface area contributed by atoms with E-state index in [-0.39, 0.29) is 6.04 Å². The second-order valence-corrected chi connectivity index (χ2v) is 3.75. The molecule has 2 aromatic rings. The Balaban J connectivity index is 2.36. The Bertz CT molecular complexity index is 451. The summed E-state index contributed by atoms with van der Waals surface area (Å²) in [7, 11) is 0. The number of hydrogen-bond acceptors (Lipinski definition) is 4. The van der Waals surface area contributed by atoms with Crippen molar-refractivity contribution in [3.8, 4) is 0 Å². The predicted octanol–water partition coefficient (Wildman–Crippen LogP) is 1.39. The van der Waals surface area contributed by atoms with Crippen molar-refractivity contribution in [2.24, 2.45) is 0 Å². The zero-order chi connectivity index (χ0) is 12.1. The lowest BCUT2D eigenvalue weighted by molar-refractivity contribution is 0.534. The van der Waals surface area contributed by atoms with E-state index in [1.54, 1.807) is 6.20 Å². The second-order valence-electron chi connectivity index (χ2n) is 3.75. The smallest absolute Gasteiger partial charge is 0.0802 e. The average Bonchev–Trinajstić information content (AvgIpc) is 2.85. The van der Waals surface area contributed by atoms with Gasteiger partial charge in [0.05, 0.1) is 17.9 Å². The molecule has 0 radical (unpaired) electrons. The molecule has 0 aliphatic carbocycles. The van der Waals surface area contributed by atoms with Gasteiger partial charge in [-0.2, -0.15) is 0 Å². The van der Waals surface area contributed by atoms with E-state index in [0.29, 0.717) is 0 Å². The lowest BCUT2D eigenvalue weighted by Gasteiger charge is -2.18. The normalized spacial score (nSPS) is 12.6. The molecule has 0 saturated carbocycles.